The Hall–Kier alpha value is -1.08. The Morgan fingerprint density at radius 3 is 2.53 bits per heavy atom. The summed E-state index contributed by atoms with van der Waals surface area (Å²) >= 11 is 3.71. The second-order valence-electron chi connectivity index (χ2n) is 5.43. The summed E-state index contributed by atoms with van der Waals surface area (Å²) in [5.74, 6) is 1.12. The summed E-state index contributed by atoms with van der Waals surface area (Å²) < 4.78 is 1.19. The van der Waals surface area contributed by atoms with Crippen LogP contribution in [0.3, 0.4) is 0 Å². The van der Waals surface area contributed by atoms with Crippen molar-refractivity contribution in [3.05, 3.63) is 65.8 Å². The van der Waals surface area contributed by atoms with E-state index in [2.05, 4.69) is 72.8 Å². The molecule has 0 aliphatic heterocycles. The molecule has 0 nitrogen and oxygen atoms in total. The van der Waals surface area contributed by atoms with E-state index in [1.165, 1.54) is 34.0 Å². The smallest absolute Gasteiger partial charge is 0.0213 e. The molecule has 0 amide bonds. The molecule has 1 aromatic carbocycles. The first kappa shape index (κ1) is 14.3. The molecule has 0 saturated heterocycles. The van der Waals surface area contributed by atoms with E-state index >= 15 is 0 Å². The number of benzene rings is 1. The van der Waals surface area contributed by atoms with Gasteiger partial charge in [0.15, 0.2) is 0 Å². The molecule has 1 unspecified atom stereocenters. The maximum Gasteiger partial charge on any atom is 0.0213 e. The van der Waals surface area contributed by atoms with E-state index in [0.717, 1.165) is 0 Å². The lowest BCUT2D eigenvalue weighted by atomic mass is 9.80. The van der Waals surface area contributed by atoms with E-state index in [-0.39, 0.29) is 0 Å². The molecule has 0 spiro atoms. The summed E-state index contributed by atoms with van der Waals surface area (Å²) in [5, 5.41) is 0. The molecular weight excluding hydrogens is 296 g/mol. The minimum absolute atomic E-state index is 0.546. The van der Waals surface area contributed by atoms with E-state index in [4.69, 9.17) is 0 Å². The summed E-state index contributed by atoms with van der Waals surface area (Å²) in [6.45, 7) is 8.44. The average molecular weight is 317 g/mol. The molecule has 0 fully saturated rings. The highest BCUT2D eigenvalue weighted by molar-refractivity contribution is 9.15. The second kappa shape index (κ2) is 6.38. The summed E-state index contributed by atoms with van der Waals surface area (Å²) in [5.41, 5.74) is 3.99. The summed E-state index contributed by atoms with van der Waals surface area (Å²) in [6.07, 6.45) is 7.15. The Balaban J connectivity index is 2.16. The third kappa shape index (κ3) is 3.70. The summed E-state index contributed by atoms with van der Waals surface area (Å²) in [4.78, 5) is 0. The van der Waals surface area contributed by atoms with Gasteiger partial charge in [0.2, 0.25) is 0 Å². The molecule has 1 aliphatic carbocycles. The van der Waals surface area contributed by atoms with Crippen LogP contribution in [0.2, 0.25) is 0 Å². The van der Waals surface area contributed by atoms with Crippen molar-refractivity contribution in [1.82, 2.24) is 0 Å². The molecule has 0 heterocycles. The lowest BCUT2D eigenvalue weighted by Crippen LogP contribution is -2.12. The van der Waals surface area contributed by atoms with Crippen molar-refractivity contribution >= 4 is 20.4 Å². The van der Waals surface area contributed by atoms with Gasteiger partial charge in [0, 0.05) is 4.48 Å². The van der Waals surface area contributed by atoms with Crippen LogP contribution in [0.1, 0.15) is 32.3 Å². The molecule has 0 aromatic heterocycles. The lowest BCUT2D eigenvalue weighted by Gasteiger charge is -2.25. The minimum atomic E-state index is 0.546. The normalized spacial score (nSPS) is 23.9. The van der Waals surface area contributed by atoms with E-state index in [1.807, 2.05) is 6.07 Å². The van der Waals surface area contributed by atoms with Crippen molar-refractivity contribution < 1.29 is 0 Å². The molecule has 0 radical (unpaired) electrons. The zero-order chi connectivity index (χ0) is 13.8. The Labute approximate surface area is 125 Å². The first-order valence-electron chi connectivity index (χ1n) is 6.84. The van der Waals surface area contributed by atoms with Gasteiger partial charge in [-0.25, -0.2) is 0 Å². The minimum Gasteiger partial charge on any atom is -0.0995 e. The van der Waals surface area contributed by atoms with E-state index in [0.29, 0.717) is 11.8 Å². The van der Waals surface area contributed by atoms with Crippen LogP contribution in [0.15, 0.2) is 60.2 Å². The Bertz CT molecular complexity index is 508. The zero-order valence-electron chi connectivity index (χ0n) is 11.7. The van der Waals surface area contributed by atoms with Crippen molar-refractivity contribution in [3.8, 4) is 0 Å². The van der Waals surface area contributed by atoms with Crippen LogP contribution in [0.25, 0.3) is 4.48 Å². The van der Waals surface area contributed by atoms with Crippen molar-refractivity contribution in [2.24, 2.45) is 11.8 Å². The summed E-state index contributed by atoms with van der Waals surface area (Å²) in [6, 6.07) is 10.5. The number of hydrogen-bond donors (Lipinski definition) is 0. The van der Waals surface area contributed by atoms with Gasteiger partial charge in [0.25, 0.3) is 0 Å². The van der Waals surface area contributed by atoms with E-state index in [9.17, 15) is 0 Å². The molecule has 1 aromatic rings. The number of hydrogen-bond acceptors (Lipinski definition) is 0. The van der Waals surface area contributed by atoms with Gasteiger partial charge in [-0.2, -0.15) is 0 Å². The quantitative estimate of drug-likeness (QED) is 0.602. The second-order valence-corrected chi connectivity index (χ2v) is 6.28. The first-order chi connectivity index (χ1) is 9.08. The standard InChI is InChI=1S/C18H21Br/c1-13(2)16-9-10-17(14(3)11-16)12-18(19)15-7-5-4-6-8-15/h4-8,11-12,16-17H,1,9-10H2,2-3H3/b18-12-/t16-,17?/m0/s1. The van der Waals surface area contributed by atoms with E-state index in [1.54, 1.807) is 0 Å². The van der Waals surface area contributed by atoms with Crippen LogP contribution >= 0.6 is 15.9 Å². The number of halogens is 1. The highest BCUT2D eigenvalue weighted by Crippen LogP contribution is 2.35. The van der Waals surface area contributed by atoms with Gasteiger partial charge in [-0.05, 0) is 44.1 Å². The maximum atomic E-state index is 4.08. The van der Waals surface area contributed by atoms with Crippen molar-refractivity contribution in [2.75, 3.05) is 0 Å². The van der Waals surface area contributed by atoms with Gasteiger partial charge >= 0.3 is 0 Å². The maximum absolute atomic E-state index is 4.08. The molecule has 2 rings (SSSR count). The van der Waals surface area contributed by atoms with Crippen LogP contribution in [-0.4, -0.2) is 0 Å². The highest BCUT2D eigenvalue weighted by Gasteiger charge is 2.19. The molecule has 0 N–H and O–H groups in total. The summed E-state index contributed by atoms with van der Waals surface area (Å²) in [7, 11) is 0. The van der Waals surface area contributed by atoms with E-state index < -0.39 is 0 Å². The molecule has 19 heavy (non-hydrogen) atoms. The third-order valence-electron chi connectivity index (χ3n) is 3.87. The number of allylic oxidation sites excluding steroid dienone is 4. The van der Waals surface area contributed by atoms with Crippen LogP contribution < -0.4 is 0 Å². The molecule has 1 aliphatic rings. The fourth-order valence-electron chi connectivity index (χ4n) is 2.58. The van der Waals surface area contributed by atoms with Crippen LogP contribution in [0.4, 0.5) is 0 Å². The van der Waals surface area contributed by atoms with Crippen molar-refractivity contribution in [3.63, 3.8) is 0 Å². The van der Waals surface area contributed by atoms with Crippen LogP contribution in [-0.2, 0) is 0 Å². The molecule has 0 bridgehead atoms. The average Bonchev–Trinajstić information content (AvgIpc) is 2.41. The van der Waals surface area contributed by atoms with Gasteiger partial charge in [0.05, 0.1) is 0 Å². The lowest BCUT2D eigenvalue weighted by molar-refractivity contribution is 0.524. The Morgan fingerprint density at radius 2 is 1.95 bits per heavy atom. The predicted octanol–water partition coefficient (Wildman–Crippen LogP) is 5.97. The predicted molar refractivity (Wildman–Crippen MR) is 88.1 cm³/mol. The van der Waals surface area contributed by atoms with Crippen molar-refractivity contribution in [2.45, 2.75) is 26.7 Å². The van der Waals surface area contributed by atoms with Gasteiger partial charge in [-0.15, -0.1) is 0 Å². The van der Waals surface area contributed by atoms with Gasteiger partial charge in [-0.3, -0.25) is 0 Å². The first-order valence-corrected chi connectivity index (χ1v) is 7.63. The van der Waals surface area contributed by atoms with Gasteiger partial charge in [0.1, 0.15) is 0 Å². The fourth-order valence-corrected chi connectivity index (χ4v) is 3.17. The topological polar surface area (TPSA) is 0 Å². The molecule has 2 atom stereocenters. The van der Waals surface area contributed by atoms with Crippen LogP contribution in [0, 0.1) is 11.8 Å². The molecule has 100 valence electrons. The SMILES string of the molecule is C=C(C)[C@@H]1C=C(C)C(/C=C(\Br)c2ccccc2)CC1. The molecular formula is C18H21Br. The zero-order valence-corrected chi connectivity index (χ0v) is 13.3. The highest BCUT2D eigenvalue weighted by atomic mass is 79.9. The fraction of sp³-hybridized carbons (Fsp3) is 0.333. The third-order valence-corrected chi connectivity index (χ3v) is 4.59. The largest absolute Gasteiger partial charge is 0.0995 e. The Kier molecular flexibility index (Phi) is 4.81. The van der Waals surface area contributed by atoms with Gasteiger partial charge in [-0.1, -0.05) is 76.1 Å². The monoisotopic (exact) mass is 316 g/mol. The Morgan fingerprint density at radius 1 is 1.26 bits per heavy atom. The van der Waals surface area contributed by atoms with Crippen molar-refractivity contribution in [1.29, 1.82) is 0 Å². The number of rotatable bonds is 3. The molecule has 1 heteroatoms. The molecule has 0 saturated carbocycles. The van der Waals surface area contributed by atoms with Crippen LogP contribution in [0.5, 0.6) is 0 Å². The van der Waals surface area contributed by atoms with Gasteiger partial charge < -0.3 is 0 Å².